The standard InChI is InChI=1S/C8H10ClNOS/c9-3-1-4-10-8(11)7-2-5-12-6-7/h2,5-6H,1,3-4H2,(H,10,11). The first-order valence-corrected chi connectivity index (χ1v) is 5.18. The van der Waals surface area contributed by atoms with Gasteiger partial charge in [0.1, 0.15) is 0 Å². The molecule has 0 spiro atoms. The third-order valence-corrected chi connectivity index (χ3v) is 2.33. The summed E-state index contributed by atoms with van der Waals surface area (Å²) in [6, 6.07) is 1.81. The van der Waals surface area contributed by atoms with Gasteiger partial charge in [0.25, 0.3) is 5.91 Å². The summed E-state index contributed by atoms with van der Waals surface area (Å²) in [7, 11) is 0. The van der Waals surface area contributed by atoms with Crippen LogP contribution in [0.3, 0.4) is 0 Å². The summed E-state index contributed by atoms with van der Waals surface area (Å²) in [6.07, 6.45) is 0.817. The molecule has 1 aromatic rings. The van der Waals surface area contributed by atoms with E-state index < -0.39 is 0 Å². The Labute approximate surface area is 80.5 Å². The summed E-state index contributed by atoms with van der Waals surface area (Å²) in [6.45, 7) is 0.651. The van der Waals surface area contributed by atoms with Crippen molar-refractivity contribution in [3.05, 3.63) is 22.4 Å². The molecule has 1 heterocycles. The maximum atomic E-state index is 11.2. The minimum absolute atomic E-state index is 0.0126. The minimum Gasteiger partial charge on any atom is -0.352 e. The molecule has 0 aliphatic carbocycles. The fourth-order valence-corrected chi connectivity index (χ4v) is 1.53. The number of alkyl halides is 1. The maximum absolute atomic E-state index is 11.2. The van der Waals surface area contributed by atoms with Crippen molar-refractivity contribution in [1.82, 2.24) is 5.32 Å². The van der Waals surface area contributed by atoms with Crippen LogP contribution in [-0.2, 0) is 0 Å². The molecule has 0 atom stereocenters. The molecular weight excluding hydrogens is 194 g/mol. The highest BCUT2D eigenvalue weighted by Gasteiger charge is 2.02. The van der Waals surface area contributed by atoms with E-state index in [0.717, 1.165) is 12.0 Å². The number of hydrogen-bond donors (Lipinski definition) is 1. The Morgan fingerprint density at radius 3 is 3.08 bits per heavy atom. The van der Waals surface area contributed by atoms with Crippen LogP contribution < -0.4 is 5.32 Å². The predicted molar refractivity (Wildman–Crippen MR) is 52.0 cm³/mol. The van der Waals surface area contributed by atoms with Gasteiger partial charge in [0, 0.05) is 23.4 Å². The minimum atomic E-state index is -0.0126. The summed E-state index contributed by atoms with van der Waals surface area (Å²) in [5, 5.41) is 6.48. The van der Waals surface area contributed by atoms with Crippen molar-refractivity contribution in [2.75, 3.05) is 12.4 Å². The highest BCUT2D eigenvalue weighted by Crippen LogP contribution is 2.04. The molecule has 1 N–H and O–H groups in total. The van der Waals surface area contributed by atoms with Crippen molar-refractivity contribution < 1.29 is 4.79 Å². The summed E-state index contributed by atoms with van der Waals surface area (Å²) in [5.41, 5.74) is 0.731. The molecule has 1 amide bonds. The lowest BCUT2D eigenvalue weighted by molar-refractivity contribution is 0.0954. The monoisotopic (exact) mass is 203 g/mol. The smallest absolute Gasteiger partial charge is 0.252 e. The lowest BCUT2D eigenvalue weighted by Crippen LogP contribution is -2.24. The summed E-state index contributed by atoms with van der Waals surface area (Å²) >= 11 is 6.98. The van der Waals surface area contributed by atoms with Crippen LogP contribution in [0.1, 0.15) is 16.8 Å². The second kappa shape index (κ2) is 5.17. The van der Waals surface area contributed by atoms with Gasteiger partial charge >= 0.3 is 0 Å². The summed E-state index contributed by atoms with van der Waals surface area (Å²) in [4.78, 5) is 11.2. The molecule has 66 valence electrons. The Balaban J connectivity index is 2.30. The molecule has 1 rings (SSSR count). The van der Waals surface area contributed by atoms with Gasteiger partial charge in [-0.05, 0) is 17.9 Å². The highest BCUT2D eigenvalue weighted by molar-refractivity contribution is 7.08. The van der Waals surface area contributed by atoms with E-state index in [1.54, 1.807) is 6.07 Å². The SMILES string of the molecule is O=C(NCCCCl)c1ccsc1. The van der Waals surface area contributed by atoms with Crippen molar-refractivity contribution in [2.45, 2.75) is 6.42 Å². The van der Waals surface area contributed by atoms with Gasteiger partial charge in [-0.25, -0.2) is 0 Å². The fourth-order valence-electron chi connectivity index (χ4n) is 0.764. The Hall–Kier alpha value is -0.540. The summed E-state index contributed by atoms with van der Waals surface area (Å²) < 4.78 is 0. The number of amides is 1. The number of carbonyl (C=O) groups is 1. The van der Waals surface area contributed by atoms with E-state index in [4.69, 9.17) is 11.6 Å². The first kappa shape index (κ1) is 9.55. The molecule has 0 fully saturated rings. The Kier molecular flexibility index (Phi) is 4.11. The van der Waals surface area contributed by atoms with Gasteiger partial charge in [-0.2, -0.15) is 11.3 Å². The largest absolute Gasteiger partial charge is 0.352 e. The number of nitrogens with one attached hydrogen (secondary N) is 1. The number of hydrogen-bond acceptors (Lipinski definition) is 2. The van der Waals surface area contributed by atoms with E-state index in [2.05, 4.69) is 5.32 Å². The van der Waals surface area contributed by atoms with Gasteiger partial charge in [-0.1, -0.05) is 0 Å². The van der Waals surface area contributed by atoms with Crippen molar-refractivity contribution >= 4 is 28.8 Å². The first-order valence-electron chi connectivity index (χ1n) is 3.71. The normalized spacial score (nSPS) is 9.75. The van der Waals surface area contributed by atoms with Crippen LogP contribution in [0.15, 0.2) is 16.8 Å². The number of carbonyl (C=O) groups excluding carboxylic acids is 1. The van der Waals surface area contributed by atoms with Crippen molar-refractivity contribution in [3.63, 3.8) is 0 Å². The first-order chi connectivity index (χ1) is 5.84. The van der Waals surface area contributed by atoms with Crippen LogP contribution in [0.25, 0.3) is 0 Å². The van der Waals surface area contributed by atoms with Crippen LogP contribution >= 0.6 is 22.9 Å². The number of thiophene rings is 1. The van der Waals surface area contributed by atoms with Gasteiger partial charge in [-0.15, -0.1) is 11.6 Å². The molecule has 0 unspecified atom stereocenters. The van der Waals surface area contributed by atoms with Crippen LogP contribution in [0, 0.1) is 0 Å². The average molecular weight is 204 g/mol. The maximum Gasteiger partial charge on any atom is 0.252 e. The Morgan fingerprint density at radius 2 is 2.50 bits per heavy atom. The zero-order valence-corrected chi connectivity index (χ0v) is 8.12. The van der Waals surface area contributed by atoms with Gasteiger partial charge in [0.2, 0.25) is 0 Å². The van der Waals surface area contributed by atoms with Crippen LogP contribution in [0.4, 0.5) is 0 Å². The van der Waals surface area contributed by atoms with Gasteiger partial charge in [0.05, 0.1) is 0 Å². The predicted octanol–water partition coefficient (Wildman–Crippen LogP) is 2.11. The molecule has 0 saturated heterocycles. The molecule has 12 heavy (non-hydrogen) atoms. The Bertz CT molecular complexity index is 235. The molecule has 0 radical (unpaired) electrons. The van der Waals surface area contributed by atoms with Crippen LogP contribution in [-0.4, -0.2) is 18.3 Å². The van der Waals surface area contributed by atoms with E-state index in [9.17, 15) is 4.79 Å². The quantitative estimate of drug-likeness (QED) is 0.590. The molecule has 0 aliphatic heterocycles. The molecule has 0 aromatic carbocycles. The second-order valence-corrected chi connectivity index (χ2v) is 3.47. The second-order valence-electron chi connectivity index (χ2n) is 2.31. The molecule has 0 bridgehead atoms. The van der Waals surface area contributed by atoms with E-state index in [1.165, 1.54) is 11.3 Å². The molecule has 1 aromatic heterocycles. The third-order valence-electron chi connectivity index (χ3n) is 1.38. The van der Waals surface area contributed by atoms with Gasteiger partial charge in [0.15, 0.2) is 0 Å². The molecule has 4 heteroatoms. The van der Waals surface area contributed by atoms with Crippen LogP contribution in [0.2, 0.25) is 0 Å². The van der Waals surface area contributed by atoms with E-state index in [0.29, 0.717) is 12.4 Å². The molecule has 0 aliphatic rings. The van der Waals surface area contributed by atoms with Crippen LogP contribution in [0.5, 0.6) is 0 Å². The molecule has 2 nitrogen and oxygen atoms in total. The zero-order chi connectivity index (χ0) is 8.81. The van der Waals surface area contributed by atoms with Gasteiger partial charge < -0.3 is 5.32 Å². The average Bonchev–Trinajstić information content (AvgIpc) is 2.56. The third kappa shape index (κ3) is 2.83. The fraction of sp³-hybridized carbons (Fsp3) is 0.375. The molecule has 0 saturated carbocycles. The van der Waals surface area contributed by atoms with Crippen molar-refractivity contribution in [2.24, 2.45) is 0 Å². The number of rotatable bonds is 4. The molecular formula is C8H10ClNOS. The lowest BCUT2D eigenvalue weighted by Gasteiger charge is -2.00. The van der Waals surface area contributed by atoms with E-state index >= 15 is 0 Å². The van der Waals surface area contributed by atoms with Gasteiger partial charge in [-0.3, -0.25) is 4.79 Å². The van der Waals surface area contributed by atoms with Crippen molar-refractivity contribution in [3.8, 4) is 0 Å². The summed E-state index contributed by atoms with van der Waals surface area (Å²) in [5.74, 6) is 0.575. The number of halogens is 1. The zero-order valence-electron chi connectivity index (χ0n) is 6.55. The van der Waals surface area contributed by atoms with Crippen molar-refractivity contribution in [1.29, 1.82) is 0 Å². The highest BCUT2D eigenvalue weighted by atomic mass is 35.5. The lowest BCUT2D eigenvalue weighted by atomic mass is 10.3. The van der Waals surface area contributed by atoms with E-state index in [1.807, 2.05) is 10.8 Å². The van der Waals surface area contributed by atoms with E-state index in [-0.39, 0.29) is 5.91 Å². The topological polar surface area (TPSA) is 29.1 Å². The Morgan fingerprint density at radius 1 is 1.67 bits per heavy atom.